The molecule has 0 radical (unpaired) electrons. The molecule has 0 aromatic heterocycles. The molecule has 0 aliphatic heterocycles. The number of benzene rings is 2. The fourth-order valence-electron chi connectivity index (χ4n) is 2.65. The van der Waals surface area contributed by atoms with Gasteiger partial charge in [-0.25, -0.2) is 8.78 Å². The maximum absolute atomic E-state index is 13.2. The van der Waals surface area contributed by atoms with Crippen molar-refractivity contribution in [3.05, 3.63) is 54.1 Å². The van der Waals surface area contributed by atoms with Crippen molar-refractivity contribution in [1.29, 1.82) is 0 Å². The number of hydrogen-bond acceptors (Lipinski definition) is 4. The molecule has 9 heteroatoms. The van der Waals surface area contributed by atoms with Crippen LogP contribution >= 0.6 is 0 Å². The van der Waals surface area contributed by atoms with Gasteiger partial charge in [-0.3, -0.25) is 19.3 Å². The second-order valence-corrected chi connectivity index (χ2v) is 6.60. The Hall–Kier alpha value is -3.33. The van der Waals surface area contributed by atoms with E-state index in [-0.39, 0.29) is 36.4 Å². The molecule has 0 saturated carbocycles. The van der Waals surface area contributed by atoms with Crippen LogP contribution in [-0.4, -0.2) is 42.3 Å². The Bertz CT molecular complexity index is 904. The van der Waals surface area contributed by atoms with Crippen molar-refractivity contribution < 1.29 is 23.2 Å². The molecule has 3 amide bonds. The highest BCUT2D eigenvalue weighted by atomic mass is 19.2. The second-order valence-electron chi connectivity index (χ2n) is 6.60. The molecule has 160 valence electrons. The third kappa shape index (κ3) is 7.59. The number of nitrogens with zero attached hydrogens (tertiary/aromatic N) is 1. The summed E-state index contributed by atoms with van der Waals surface area (Å²) in [6.07, 6.45) is 0.0888. The van der Waals surface area contributed by atoms with Crippen LogP contribution in [0.1, 0.15) is 20.3 Å². The number of nitrogens with one attached hydrogen (secondary N) is 3. The van der Waals surface area contributed by atoms with E-state index in [0.717, 1.165) is 12.1 Å². The maximum Gasteiger partial charge on any atom is 0.238 e. The van der Waals surface area contributed by atoms with E-state index in [1.165, 1.54) is 13.0 Å². The van der Waals surface area contributed by atoms with E-state index in [1.54, 1.807) is 29.2 Å². The van der Waals surface area contributed by atoms with Gasteiger partial charge in [-0.15, -0.1) is 0 Å². The van der Waals surface area contributed by atoms with Crippen LogP contribution in [-0.2, 0) is 14.4 Å². The molecule has 30 heavy (non-hydrogen) atoms. The SMILES string of the molecule is CCN(CCC(=O)Nc1ccc(F)c(F)c1)CC(=O)Nc1ccc(NC(C)=O)cc1. The van der Waals surface area contributed by atoms with E-state index in [4.69, 9.17) is 0 Å². The van der Waals surface area contributed by atoms with Crippen molar-refractivity contribution in [3.8, 4) is 0 Å². The number of carbonyl (C=O) groups excluding carboxylic acids is 3. The minimum absolute atomic E-state index is 0.0857. The van der Waals surface area contributed by atoms with Crippen LogP contribution in [0.2, 0.25) is 0 Å². The van der Waals surface area contributed by atoms with Crippen molar-refractivity contribution in [2.24, 2.45) is 0 Å². The van der Waals surface area contributed by atoms with Gasteiger partial charge in [-0.1, -0.05) is 6.92 Å². The molecular formula is C21H24F2N4O3. The Kier molecular flexibility index (Phi) is 8.42. The van der Waals surface area contributed by atoms with Gasteiger partial charge in [0.05, 0.1) is 6.54 Å². The molecule has 0 fully saturated rings. The molecule has 7 nitrogen and oxygen atoms in total. The van der Waals surface area contributed by atoms with E-state index in [1.807, 2.05) is 6.92 Å². The van der Waals surface area contributed by atoms with Crippen molar-refractivity contribution in [1.82, 2.24) is 4.90 Å². The topological polar surface area (TPSA) is 90.5 Å². The number of rotatable bonds is 9. The highest BCUT2D eigenvalue weighted by Gasteiger charge is 2.12. The lowest BCUT2D eigenvalue weighted by Crippen LogP contribution is -2.35. The average Bonchev–Trinajstić information content (AvgIpc) is 2.69. The maximum atomic E-state index is 13.2. The van der Waals surface area contributed by atoms with E-state index in [2.05, 4.69) is 16.0 Å². The van der Waals surface area contributed by atoms with Crippen LogP contribution in [0.3, 0.4) is 0 Å². The number of carbonyl (C=O) groups is 3. The average molecular weight is 418 g/mol. The van der Waals surface area contributed by atoms with Crippen molar-refractivity contribution in [3.63, 3.8) is 0 Å². The second kappa shape index (κ2) is 11.0. The summed E-state index contributed by atoms with van der Waals surface area (Å²) < 4.78 is 26.1. The van der Waals surface area contributed by atoms with Crippen LogP contribution in [0.5, 0.6) is 0 Å². The van der Waals surface area contributed by atoms with Crippen molar-refractivity contribution in [2.75, 3.05) is 35.6 Å². The first-order valence-corrected chi connectivity index (χ1v) is 9.41. The zero-order valence-corrected chi connectivity index (χ0v) is 16.8. The Labute approximate surface area is 173 Å². The molecule has 2 aromatic rings. The number of hydrogen-bond donors (Lipinski definition) is 3. The van der Waals surface area contributed by atoms with E-state index < -0.39 is 11.6 Å². The quantitative estimate of drug-likeness (QED) is 0.583. The van der Waals surface area contributed by atoms with Gasteiger partial charge in [-0.2, -0.15) is 0 Å². The highest BCUT2D eigenvalue weighted by Crippen LogP contribution is 2.14. The first-order chi connectivity index (χ1) is 14.3. The molecule has 0 atom stereocenters. The number of amides is 3. The lowest BCUT2D eigenvalue weighted by atomic mass is 10.2. The fraction of sp³-hybridized carbons (Fsp3) is 0.286. The standard InChI is InChI=1S/C21H24F2N4O3/c1-3-27(11-10-20(29)26-17-8-9-18(22)19(23)12-17)13-21(30)25-16-6-4-15(5-7-16)24-14(2)28/h4-9,12H,3,10-11,13H2,1-2H3,(H,24,28)(H,25,30)(H,26,29). The summed E-state index contributed by atoms with van der Waals surface area (Å²) in [5.74, 6) is -2.82. The van der Waals surface area contributed by atoms with Crippen LogP contribution in [0.4, 0.5) is 25.8 Å². The summed E-state index contributed by atoms with van der Waals surface area (Å²) in [7, 11) is 0. The van der Waals surface area contributed by atoms with Crippen molar-refractivity contribution in [2.45, 2.75) is 20.3 Å². The number of anilines is 3. The third-order valence-corrected chi connectivity index (χ3v) is 4.16. The first-order valence-electron chi connectivity index (χ1n) is 9.41. The molecule has 0 heterocycles. The summed E-state index contributed by atoms with van der Waals surface area (Å²) in [5.41, 5.74) is 1.38. The monoisotopic (exact) mass is 418 g/mol. The third-order valence-electron chi connectivity index (χ3n) is 4.16. The van der Waals surface area contributed by atoms with Gasteiger partial charge in [0.25, 0.3) is 0 Å². The first kappa shape index (κ1) is 23.0. The molecule has 0 bridgehead atoms. The van der Waals surface area contributed by atoms with Gasteiger partial charge in [0.2, 0.25) is 17.7 Å². The summed E-state index contributed by atoms with van der Waals surface area (Å²) in [6.45, 7) is 4.23. The van der Waals surface area contributed by atoms with Gasteiger partial charge < -0.3 is 16.0 Å². The Balaban J connectivity index is 1.79. The van der Waals surface area contributed by atoms with Crippen LogP contribution in [0.25, 0.3) is 0 Å². The predicted molar refractivity (Wildman–Crippen MR) is 111 cm³/mol. The van der Waals surface area contributed by atoms with Gasteiger partial charge >= 0.3 is 0 Å². The predicted octanol–water partition coefficient (Wildman–Crippen LogP) is 3.21. The molecule has 2 rings (SSSR count). The van der Waals surface area contributed by atoms with E-state index in [9.17, 15) is 23.2 Å². The number of likely N-dealkylation sites (N-methyl/N-ethyl adjacent to an activating group) is 1. The molecule has 0 aliphatic carbocycles. The zero-order valence-electron chi connectivity index (χ0n) is 16.8. The lowest BCUT2D eigenvalue weighted by molar-refractivity contribution is -0.119. The van der Waals surface area contributed by atoms with Gasteiger partial charge in [0, 0.05) is 43.0 Å². The summed E-state index contributed by atoms with van der Waals surface area (Å²) in [5, 5.41) is 7.89. The van der Waals surface area contributed by atoms with Crippen LogP contribution in [0, 0.1) is 11.6 Å². The largest absolute Gasteiger partial charge is 0.326 e. The molecular weight excluding hydrogens is 394 g/mol. The van der Waals surface area contributed by atoms with Crippen LogP contribution in [0.15, 0.2) is 42.5 Å². The molecule has 0 aliphatic rings. The molecule has 0 saturated heterocycles. The molecule has 0 spiro atoms. The van der Waals surface area contributed by atoms with Gasteiger partial charge in [0.1, 0.15) is 0 Å². The lowest BCUT2D eigenvalue weighted by Gasteiger charge is -2.19. The highest BCUT2D eigenvalue weighted by molar-refractivity contribution is 5.93. The Morgan fingerprint density at radius 1 is 0.833 bits per heavy atom. The summed E-state index contributed by atoms with van der Waals surface area (Å²) in [6, 6.07) is 9.84. The minimum atomic E-state index is -1.04. The van der Waals surface area contributed by atoms with Crippen molar-refractivity contribution >= 4 is 34.8 Å². The minimum Gasteiger partial charge on any atom is -0.326 e. The van der Waals surface area contributed by atoms with E-state index >= 15 is 0 Å². The summed E-state index contributed by atoms with van der Waals surface area (Å²) in [4.78, 5) is 37.1. The fourth-order valence-corrected chi connectivity index (χ4v) is 2.65. The Morgan fingerprint density at radius 2 is 1.40 bits per heavy atom. The Morgan fingerprint density at radius 3 is 1.97 bits per heavy atom. The molecule has 2 aromatic carbocycles. The normalized spacial score (nSPS) is 10.6. The molecule has 3 N–H and O–H groups in total. The number of halogens is 2. The zero-order chi connectivity index (χ0) is 22.1. The van der Waals surface area contributed by atoms with Gasteiger partial charge in [-0.05, 0) is 42.9 Å². The summed E-state index contributed by atoms with van der Waals surface area (Å²) >= 11 is 0. The molecule has 0 unspecified atom stereocenters. The smallest absolute Gasteiger partial charge is 0.238 e. The van der Waals surface area contributed by atoms with E-state index in [0.29, 0.717) is 24.5 Å². The van der Waals surface area contributed by atoms with Gasteiger partial charge in [0.15, 0.2) is 11.6 Å². The van der Waals surface area contributed by atoms with Crippen LogP contribution < -0.4 is 16.0 Å².